The van der Waals surface area contributed by atoms with E-state index in [1.807, 2.05) is 0 Å². The lowest BCUT2D eigenvalue weighted by Gasteiger charge is -2.39. The summed E-state index contributed by atoms with van der Waals surface area (Å²) < 4.78 is 0. The topological polar surface area (TPSA) is 43.1 Å². The molecule has 0 amide bonds. The van der Waals surface area contributed by atoms with Gasteiger partial charge in [-0.15, -0.1) is 0 Å². The van der Waals surface area contributed by atoms with Crippen LogP contribution in [-0.4, -0.2) is 12.3 Å². The maximum Gasteiger partial charge on any atom is 0.144 e. The molecule has 1 saturated carbocycles. The van der Waals surface area contributed by atoms with E-state index in [1.54, 1.807) is 0 Å². The maximum atomic E-state index is 12.3. The molecule has 0 aromatic heterocycles. The fraction of sp³-hybridized carbons (Fsp3) is 0.533. The first-order valence-electron chi connectivity index (χ1n) is 6.36. The van der Waals surface area contributed by atoms with Crippen LogP contribution < -0.4 is 5.73 Å². The molecule has 2 rings (SSSR count). The zero-order valence-electron chi connectivity index (χ0n) is 10.8. The summed E-state index contributed by atoms with van der Waals surface area (Å²) in [6, 6.07) is 6.34. The van der Waals surface area contributed by atoms with Gasteiger partial charge in [-0.1, -0.05) is 35.7 Å². The van der Waals surface area contributed by atoms with Crippen molar-refractivity contribution in [1.29, 1.82) is 0 Å². The highest BCUT2D eigenvalue weighted by atomic mass is 16.1. The third-order valence-corrected chi connectivity index (χ3v) is 3.94. The van der Waals surface area contributed by atoms with Gasteiger partial charge in [-0.05, 0) is 32.3 Å². The lowest BCUT2D eigenvalue weighted by molar-refractivity contribution is -0.132. The zero-order valence-corrected chi connectivity index (χ0v) is 10.8. The molecule has 0 aliphatic heterocycles. The Morgan fingerprint density at radius 1 is 1.24 bits per heavy atom. The number of Topliss-reactive ketones (excluding diaryl/α,β-unsaturated/α-hetero) is 1. The fourth-order valence-corrected chi connectivity index (χ4v) is 2.74. The Bertz CT molecular complexity index is 407. The van der Waals surface area contributed by atoms with Crippen LogP contribution in [0.1, 0.15) is 36.0 Å². The Balaban J connectivity index is 2.12. The number of carbonyl (C=O) groups is 1. The van der Waals surface area contributed by atoms with Crippen molar-refractivity contribution < 1.29 is 4.79 Å². The first kappa shape index (κ1) is 12.3. The van der Waals surface area contributed by atoms with Crippen LogP contribution in [0, 0.1) is 19.3 Å². The summed E-state index contributed by atoms with van der Waals surface area (Å²) in [4.78, 5) is 12.3. The molecule has 1 aliphatic rings. The van der Waals surface area contributed by atoms with Crippen molar-refractivity contribution in [1.82, 2.24) is 0 Å². The van der Waals surface area contributed by atoms with Gasteiger partial charge in [-0.3, -0.25) is 4.79 Å². The fourth-order valence-electron chi connectivity index (χ4n) is 2.74. The van der Waals surface area contributed by atoms with Gasteiger partial charge in [0.2, 0.25) is 0 Å². The Hall–Kier alpha value is -1.15. The predicted molar refractivity (Wildman–Crippen MR) is 70.0 cm³/mol. The number of rotatable bonds is 4. The van der Waals surface area contributed by atoms with E-state index < -0.39 is 0 Å². The zero-order chi connectivity index (χ0) is 12.5. The van der Waals surface area contributed by atoms with Gasteiger partial charge in [-0.2, -0.15) is 0 Å². The third-order valence-electron chi connectivity index (χ3n) is 3.94. The quantitative estimate of drug-likeness (QED) is 0.865. The molecule has 2 N–H and O–H groups in total. The van der Waals surface area contributed by atoms with Crippen LogP contribution in [0.2, 0.25) is 0 Å². The molecule has 17 heavy (non-hydrogen) atoms. The van der Waals surface area contributed by atoms with E-state index in [2.05, 4.69) is 32.0 Å². The highest BCUT2D eigenvalue weighted by molar-refractivity contribution is 5.88. The summed E-state index contributed by atoms with van der Waals surface area (Å²) in [7, 11) is 0. The number of ketones is 1. The molecule has 0 bridgehead atoms. The summed E-state index contributed by atoms with van der Waals surface area (Å²) in [6.45, 7) is 4.66. The summed E-state index contributed by atoms with van der Waals surface area (Å²) in [6.07, 6.45) is 3.65. The number of hydrogen-bond acceptors (Lipinski definition) is 2. The normalized spacial score (nSPS) is 17.6. The molecule has 0 spiro atoms. The maximum absolute atomic E-state index is 12.3. The van der Waals surface area contributed by atoms with Crippen LogP contribution in [-0.2, 0) is 11.2 Å². The number of aryl methyl sites for hydroxylation is 2. The molecule has 1 aromatic carbocycles. The van der Waals surface area contributed by atoms with Crippen LogP contribution in [0.5, 0.6) is 0 Å². The molecule has 0 saturated heterocycles. The minimum Gasteiger partial charge on any atom is -0.329 e. The van der Waals surface area contributed by atoms with E-state index in [0.29, 0.717) is 18.7 Å². The second kappa shape index (κ2) is 4.61. The van der Waals surface area contributed by atoms with E-state index in [9.17, 15) is 4.79 Å². The molecule has 1 aliphatic carbocycles. The number of nitrogens with two attached hydrogens (primary N) is 1. The van der Waals surface area contributed by atoms with Crippen molar-refractivity contribution >= 4 is 5.78 Å². The Labute approximate surface area is 103 Å². The van der Waals surface area contributed by atoms with E-state index in [4.69, 9.17) is 5.73 Å². The molecule has 1 aromatic rings. The van der Waals surface area contributed by atoms with Crippen molar-refractivity contribution in [2.45, 2.75) is 39.5 Å². The van der Waals surface area contributed by atoms with E-state index in [1.165, 1.54) is 11.1 Å². The molecule has 0 heterocycles. The molecule has 2 heteroatoms. The standard InChI is InChI=1S/C15H21NO/c1-11-6-12(2)8-13(7-11)9-14(17)15(10-16)4-3-5-15/h6-8H,3-5,9-10,16H2,1-2H3. The van der Waals surface area contributed by atoms with Gasteiger partial charge in [0.1, 0.15) is 5.78 Å². The van der Waals surface area contributed by atoms with E-state index in [0.717, 1.165) is 24.8 Å². The van der Waals surface area contributed by atoms with Crippen molar-refractivity contribution in [3.63, 3.8) is 0 Å². The average Bonchev–Trinajstić information content (AvgIpc) is 2.14. The van der Waals surface area contributed by atoms with Crippen molar-refractivity contribution in [2.75, 3.05) is 6.54 Å². The van der Waals surface area contributed by atoms with Crippen LogP contribution in [0.15, 0.2) is 18.2 Å². The number of hydrogen-bond donors (Lipinski definition) is 1. The van der Waals surface area contributed by atoms with Crippen molar-refractivity contribution in [3.8, 4) is 0 Å². The van der Waals surface area contributed by atoms with Crippen LogP contribution in [0.4, 0.5) is 0 Å². The van der Waals surface area contributed by atoms with Gasteiger partial charge < -0.3 is 5.73 Å². The average molecular weight is 231 g/mol. The second-order valence-corrected chi connectivity index (χ2v) is 5.43. The Kier molecular flexibility index (Phi) is 3.34. The lowest BCUT2D eigenvalue weighted by atomic mass is 9.65. The van der Waals surface area contributed by atoms with Gasteiger partial charge >= 0.3 is 0 Å². The summed E-state index contributed by atoms with van der Waals surface area (Å²) >= 11 is 0. The lowest BCUT2D eigenvalue weighted by Crippen LogP contribution is -2.45. The van der Waals surface area contributed by atoms with Crippen LogP contribution in [0.25, 0.3) is 0 Å². The van der Waals surface area contributed by atoms with Crippen molar-refractivity contribution in [2.24, 2.45) is 11.1 Å². The second-order valence-electron chi connectivity index (χ2n) is 5.43. The highest BCUT2D eigenvalue weighted by Crippen LogP contribution is 2.41. The van der Waals surface area contributed by atoms with Gasteiger partial charge in [0.15, 0.2) is 0 Å². The summed E-state index contributed by atoms with van der Waals surface area (Å²) in [5.41, 5.74) is 9.15. The van der Waals surface area contributed by atoms with E-state index in [-0.39, 0.29) is 5.41 Å². The van der Waals surface area contributed by atoms with E-state index >= 15 is 0 Å². The molecule has 2 nitrogen and oxygen atoms in total. The number of carbonyl (C=O) groups excluding carboxylic acids is 1. The van der Waals surface area contributed by atoms with Gasteiger partial charge in [-0.25, -0.2) is 0 Å². The van der Waals surface area contributed by atoms with Gasteiger partial charge in [0.05, 0.1) is 0 Å². The molecular formula is C15H21NO. The van der Waals surface area contributed by atoms with Gasteiger partial charge in [0, 0.05) is 18.4 Å². The summed E-state index contributed by atoms with van der Waals surface area (Å²) in [5, 5.41) is 0. The van der Waals surface area contributed by atoms with Crippen molar-refractivity contribution in [3.05, 3.63) is 34.9 Å². The minimum atomic E-state index is -0.197. The molecule has 0 atom stereocenters. The SMILES string of the molecule is Cc1cc(C)cc(CC(=O)C2(CN)CCC2)c1. The van der Waals surface area contributed by atoms with Crippen LogP contribution in [0.3, 0.4) is 0 Å². The first-order valence-corrected chi connectivity index (χ1v) is 6.36. The molecule has 92 valence electrons. The Morgan fingerprint density at radius 2 is 1.82 bits per heavy atom. The minimum absolute atomic E-state index is 0.197. The third kappa shape index (κ3) is 2.42. The highest BCUT2D eigenvalue weighted by Gasteiger charge is 2.41. The molecule has 0 radical (unpaired) electrons. The number of benzene rings is 1. The predicted octanol–water partition coefficient (Wildman–Crippen LogP) is 2.54. The molecule has 1 fully saturated rings. The first-order chi connectivity index (χ1) is 8.05. The monoisotopic (exact) mass is 231 g/mol. The molecule has 0 unspecified atom stereocenters. The Morgan fingerprint density at radius 3 is 2.24 bits per heavy atom. The largest absolute Gasteiger partial charge is 0.329 e. The van der Waals surface area contributed by atoms with Gasteiger partial charge in [0.25, 0.3) is 0 Å². The molecular weight excluding hydrogens is 210 g/mol. The smallest absolute Gasteiger partial charge is 0.144 e. The van der Waals surface area contributed by atoms with Crippen LogP contribution >= 0.6 is 0 Å². The summed E-state index contributed by atoms with van der Waals surface area (Å²) in [5.74, 6) is 0.330.